The Kier molecular flexibility index (Phi) is 4.79. The van der Waals surface area contributed by atoms with Crippen molar-refractivity contribution in [2.75, 3.05) is 6.54 Å². The van der Waals surface area contributed by atoms with Crippen molar-refractivity contribution in [2.24, 2.45) is 0 Å². The summed E-state index contributed by atoms with van der Waals surface area (Å²) in [6.07, 6.45) is 1.13. The number of rotatable bonds is 5. The van der Waals surface area contributed by atoms with E-state index in [2.05, 4.69) is 59.4 Å². The van der Waals surface area contributed by atoms with Crippen molar-refractivity contribution in [3.8, 4) is 0 Å². The van der Waals surface area contributed by atoms with E-state index in [9.17, 15) is 0 Å². The minimum Gasteiger partial charge on any atom is -0.372 e. The van der Waals surface area contributed by atoms with Gasteiger partial charge < -0.3 is 10.1 Å². The summed E-state index contributed by atoms with van der Waals surface area (Å²) in [4.78, 5) is 1.37. The van der Waals surface area contributed by atoms with Crippen LogP contribution in [0.2, 0.25) is 0 Å². The Labute approximate surface area is 138 Å². The fraction of sp³-hybridized carbons (Fsp3) is 0.412. The zero-order valence-corrected chi connectivity index (χ0v) is 14.8. The Morgan fingerprint density at radius 1 is 1.29 bits per heavy atom. The normalized spacial score (nSPS) is 15.2. The summed E-state index contributed by atoms with van der Waals surface area (Å²) in [5.41, 5.74) is 5.31. The first-order valence-electron chi connectivity index (χ1n) is 7.37. The van der Waals surface area contributed by atoms with Gasteiger partial charge in [0.25, 0.3) is 0 Å². The lowest BCUT2D eigenvalue weighted by Crippen LogP contribution is -2.22. The van der Waals surface area contributed by atoms with E-state index in [1.165, 1.54) is 30.9 Å². The van der Waals surface area contributed by atoms with Gasteiger partial charge in [-0.3, -0.25) is 0 Å². The highest BCUT2D eigenvalue weighted by atomic mass is 79.9. The summed E-state index contributed by atoms with van der Waals surface area (Å²) in [6, 6.07) is 9.31. The molecule has 112 valence electrons. The fourth-order valence-electron chi connectivity index (χ4n) is 2.67. The van der Waals surface area contributed by atoms with E-state index < -0.39 is 0 Å². The Hall–Kier alpha value is -0.680. The molecule has 0 bridgehead atoms. The number of benzene rings is 1. The second-order valence-electron chi connectivity index (χ2n) is 5.51. The predicted octanol–water partition coefficient (Wildman–Crippen LogP) is 4.94. The van der Waals surface area contributed by atoms with Gasteiger partial charge in [0, 0.05) is 4.88 Å². The monoisotopic (exact) mass is 365 g/mol. The SMILES string of the molecule is CCCNC(c1ccc2c(c1)COC2)c1cc(C)c(Br)s1. The van der Waals surface area contributed by atoms with Crippen LogP contribution in [0, 0.1) is 6.92 Å². The first kappa shape index (κ1) is 15.2. The molecule has 2 nitrogen and oxygen atoms in total. The van der Waals surface area contributed by atoms with Crippen LogP contribution >= 0.6 is 27.3 Å². The molecule has 0 aliphatic carbocycles. The molecular weight excluding hydrogens is 346 g/mol. The van der Waals surface area contributed by atoms with E-state index in [0.717, 1.165) is 26.2 Å². The smallest absolute Gasteiger partial charge is 0.0731 e. The molecule has 1 aromatic heterocycles. The Bertz CT molecular complexity index is 618. The van der Waals surface area contributed by atoms with Crippen molar-refractivity contribution in [2.45, 2.75) is 39.5 Å². The first-order valence-corrected chi connectivity index (χ1v) is 8.98. The van der Waals surface area contributed by atoms with Crippen LogP contribution in [0.1, 0.15) is 46.5 Å². The third-order valence-electron chi connectivity index (χ3n) is 3.84. The van der Waals surface area contributed by atoms with Gasteiger partial charge in [0.2, 0.25) is 0 Å². The highest BCUT2D eigenvalue weighted by Crippen LogP contribution is 2.35. The second-order valence-corrected chi connectivity index (χ2v) is 7.92. The van der Waals surface area contributed by atoms with E-state index >= 15 is 0 Å². The van der Waals surface area contributed by atoms with Gasteiger partial charge in [0.05, 0.1) is 23.0 Å². The minimum atomic E-state index is 0.269. The molecule has 1 atom stereocenters. The third-order valence-corrected chi connectivity index (χ3v) is 6.04. The van der Waals surface area contributed by atoms with Gasteiger partial charge in [0.1, 0.15) is 0 Å². The van der Waals surface area contributed by atoms with E-state index in [1.54, 1.807) is 0 Å². The van der Waals surface area contributed by atoms with Crippen LogP contribution < -0.4 is 5.32 Å². The Morgan fingerprint density at radius 2 is 2.10 bits per heavy atom. The van der Waals surface area contributed by atoms with Crippen molar-refractivity contribution >= 4 is 27.3 Å². The molecule has 2 aromatic rings. The summed E-state index contributed by atoms with van der Waals surface area (Å²) < 4.78 is 6.76. The molecule has 1 unspecified atom stereocenters. The fourth-order valence-corrected chi connectivity index (χ4v) is 4.34. The number of aryl methyl sites for hydroxylation is 1. The van der Waals surface area contributed by atoms with Crippen LogP contribution in [0.3, 0.4) is 0 Å². The number of thiophene rings is 1. The lowest BCUT2D eigenvalue weighted by atomic mass is 9.99. The van der Waals surface area contributed by atoms with Crippen LogP contribution in [0.25, 0.3) is 0 Å². The van der Waals surface area contributed by atoms with Gasteiger partial charge in [0.15, 0.2) is 0 Å². The molecule has 1 aliphatic rings. The summed E-state index contributed by atoms with van der Waals surface area (Å²) in [6.45, 7) is 6.88. The molecule has 1 aromatic carbocycles. The van der Waals surface area contributed by atoms with E-state index in [-0.39, 0.29) is 6.04 Å². The lowest BCUT2D eigenvalue weighted by molar-refractivity contribution is 0.134. The number of halogens is 1. The molecule has 0 radical (unpaired) electrons. The number of hydrogen-bond donors (Lipinski definition) is 1. The number of hydrogen-bond acceptors (Lipinski definition) is 3. The van der Waals surface area contributed by atoms with Crippen molar-refractivity contribution in [3.05, 3.63) is 55.2 Å². The maximum absolute atomic E-state index is 5.53. The van der Waals surface area contributed by atoms with E-state index in [1.807, 2.05) is 11.3 Å². The molecule has 0 saturated heterocycles. The van der Waals surface area contributed by atoms with Gasteiger partial charge in [-0.1, -0.05) is 25.1 Å². The minimum absolute atomic E-state index is 0.269. The van der Waals surface area contributed by atoms with Gasteiger partial charge in [-0.15, -0.1) is 11.3 Å². The first-order chi connectivity index (χ1) is 10.2. The molecule has 21 heavy (non-hydrogen) atoms. The maximum atomic E-state index is 5.53. The molecule has 0 spiro atoms. The zero-order valence-electron chi connectivity index (χ0n) is 12.4. The molecule has 0 amide bonds. The number of fused-ring (bicyclic) bond motifs is 1. The predicted molar refractivity (Wildman–Crippen MR) is 91.8 cm³/mol. The van der Waals surface area contributed by atoms with Gasteiger partial charge in [-0.05, 0) is 64.1 Å². The summed E-state index contributed by atoms with van der Waals surface area (Å²) in [5.74, 6) is 0. The average Bonchev–Trinajstić information content (AvgIpc) is 3.06. The summed E-state index contributed by atoms with van der Waals surface area (Å²) >= 11 is 5.47. The van der Waals surface area contributed by atoms with Crippen molar-refractivity contribution in [1.29, 1.82) is 0 Å². The zero-order chi connectivity index (χ0) is 14.8. The Balaban J connectivity index is 1.95. The Morgan fingerprint density at radius 3 is 2.81 bits per heavy atom. The van der Waals surface area contributed by atoms with Gasteiger partial charge >= 0.3 is 0 Å². The quantitative estimate of drug-likeness (QED) is 0.810. The second kappa shape index (κ2) is 6.61. The highest BCUT2D eigenvalue weighted by molar-refractivity contribution is 9.11. The topological polar surface area (TPSA) is 21.3 Å². The van der Waals surface area contributed by atoms with Gasteiger partial charge in [-0.2, -0.15) is 0 Å². The van der Waals surface area contributed by atoms with E-state index in [0.29, 0.717) is 0 Å². The summed E-state index contributed by atoms with van der Waals surface area (Å²) in [5, 5.41) is 3.68. The maximum Gasteiger partial charge on any atom is 0.0731 e. The lowest BCUT2D eigenvalue weighted by Gasteiger charge is -2.18. The third kappa shape index (κ3) is 3.24. The van der Waals surface area contributed by atoms with Crippen LogP contribution in [-0.4, -0.2) is 6.54 Å². The molecule has 0 saturated carbocycles. The molecule has 4 heteroatoms. The van der Waals surface area contributed by atoms with Crippen molar-refractivity contribution in [3.63, 3.8) is 0 Å². The van der Waals surface area contributed by atoms with Crippen LogP contribution in [-0.2, 0) is 18.0 Å². The molecule has 2 heterocycles. The van der Waals surface area contributed by atoms with Crippen LogP contribution in [0.5, 0.6) is 0 Å². The molecular formula is C17H20BrNOS. The molecule has 1 aliphatic heterocycles. The van der Waals surface area contributed by atoms with Crippen molar-refractivity contribution < 1.29 is 4.74 Å². The van der Waals surface area contributed by atoms with E-state index in [4.69, 9.17) is 4.74 Å². The summed E-state index contributed by atoms with van der Waals surface area (Å²) in [7, 11) is 0. The van der Waals surface area contributed by atoms with Crippen molar-refractivity contribution in [1.82, 2.24) is 5.32 Å². The van der Waals surface area contributed by atoms with Crippen LogP contribution in [0.4, 0.5) is 0 Å². The number of nitrogens with one attached hydrogen (secondary N) is 1. The highest BCUT2D eigenvalue weighted by Gasteiger charge is 2.19. The molecule has 0 fully saturated rings. The average molecular weight is 366 g/mol. The van der Waals surface area contributed by atoms with Gasteiger partial charge in [-0.25, -0.2) is 0 Å². The van der Waals surface area contributed by atoms with Crippen LogP contribution in [0.15, 0.2) is 28.1 Å². The molecule has 3 rings (SSSR count). The largest absolute Gasteiger partial charge is 0.372 e. The number of ether oxygens (including phenoxy) is 1. The standard InChI is InChI=1S/C17H20BrNOS/c1-3-6-19-16(15-7-11(2)17(18)21-15)12-4-5-13-9-20-10-14(13)8-12/h4-5,7-8,16,19H,3,6,9-10H2,1-2H3. The molecule has 1 N–H and O–H groups in total.